The molecule has 0 fully saturated rings. The molecule has 98 valence electrons. The lowest BCUT2D eigenvalue weighted by molar-refractivity contribution is 0.191. The first kappa shape index (κ1) is 14.1. The zero-order chi connectivity index (χ0) is 12.9. The van der Waals surface area contributed by atoms with Gasteiger partial charge in [0.15, 0.2) is 5.03 Å². The fraction of sp³-hybridized carbons (Fsp3) is 0.700. The van der Waals surface area contributed by atoms with Gasteiger partial charge in [0.1, 0.15) is 5.82 Å². The molecule has 1 heterocycles. The number of primary sulfonamides is 1. The molecule has 1 aromatic rings. The number of aromatic nitrogens is 2. The molecule has 0 atom stereocenters. The van der Waals surface area contributed by atoms with Crippen LogP contribution in [0.4, 0.5) is 0 Å². The maximum absolute atomic E-state index is 11.2. The molecule has 1 rings (SSSR count). The van der Waals surface area contributed by atoms with Crippen LogP contribution in [0, 0.1) is 0 Å². The van der Waals surface area contributed by atoms with Crippen molar-refractivity contribution >= 4 is 10.0 Å². The van der Waals surface area contributed by atoms with Crippen LogP contribution in [0.15, 0.2) is 11.2 Å². The van der Waals surface area contributed by atoms with Crippen molar-refractivity contribution in [3.63, 3.8) is 0 Å². The van der Waals surface area contributed by atoms with Crippen molar-refractivity contribution in [2.75, 3.05) is 13.7 Å². The van der Waals surface area contributed by atoms with Gasteiger partial charge in [0.05, 0.1) is 0 Å². The highest BCUT2D eigenvalue weighted by Gasteiger charge is 2.14. The maximum Gasteiger partial charge on any atom is 0.257 e. The first-order valence-electron chi connectivity index (χ1n) is 5.56. The topological polar surface area (TPSA) is 87.2 Å². The van der Waals surface area contributed by atoms with Crippen LogP contribution < -0.4 is 5.14 Å². The van der Waals surface area contributed by atoms with E-state index in [1.54, 1.807) is 7.11 Å². The van der Waals surface area contributed by atoms with Gasteiger partial charge in [0.25, 0.3) is 10.0 Å². The zero-order valence-electron chi connectivity index (χ0n) is 10.2. The summed E-state index contributed by atoms with van der Waals surface area (Å²) in [5, 5.41) is 4.99. The minimum absolute atomic E-state index is 0.0545. The second-order valence-corrected chi connectivity index (χ2v) is 5.30. The van der Waals surface area contributed by atoms with E-state index in [4.69, 9.17) is 9.88 Å². The predicted molar refractivity (Wildman–Crippen MR) is 64.1 cm³/mol. The predicted octanol–water partition coefficient (Wildman–Crippen LogP) is 0.519. The maximum atomic E-state index is 11.2. The Hall–Kier alpha value is -0.920. The highest BCUT2D eigenvalue weighted by Crippen LogP contribution is 2.10. The molecule has 0 spiro atoms. The van der Waals surface area contributed by atoms with Gasteiger partial charge in [-0.3, -0.25) is 0 Å². The van der Waals surface area contributed by atoms with Crippen LogP contribution in [0.3, 0.4) is 0 Å². The van der Waals surface area contributed by atoms with Crippen molar-refractivity contribution in [1.29, 1.82) is 0 Å². The molecule has 0 aliphatic rings. The first-order chi connectivity index (χ1) is 7.99. The molecule has 0 saturated heterocycles. The number of nitrogens with zero attached hydrogens (tertiary/aromatic N) is 2. The van der Waals surface area contributed by atoms with E-state index >= 15 is 0 Å². The molecule has 17 heavy (non-hydrogen) atoms. The van der Waals surface area contributed by atoms with Crippen molar-refractivity contribution < 1.29 is 13.2 Å². The van der Waals surface area contributed by atoms with Gasteiger partial charge < -0.3 is 9.30 Å². The van der Waals surface area contributed by atoms with Crippen LogP contribution in [0.25, 0.3) is 0 Å². The Morgan fingerprint density at radius 1 is 1.47 bits per heavy atom. The lowest BCUT2D eigenvalue weighted by Crippen LogP contribution is -2.12. The van der Waals surface area contributed by atoms with Crippen molar-refractivity contribution in [3.05, 3.63) is 12.0 Å². The summed E-state index contributed by atoms with van der Waals surface area (Å²) in [5.74, 6) is 0.742. The third-order valence-corrected chi connectivity index (χ3v) is 3.22. The number of hydrogen-bond donors (Lipinski definition) is 1. The normalized spacial score (nSPS) is 11.9. The molecule has 2 N–H and O–H groups in total. The monoisotopic (exact) mass is 261 g/mol. The minimum atomic E-state index is -3.71. The second-order valence-electron chi connectivity index (χ2n) is 3.79. The van der Waals surface area contributed by atoms with Crippen molar-refractivity contribution in [2.24, 2.45) is 5.14 Å². The number of hydrogen-bond acceptors (Lipinski definition) is 4. The zero-order valence-corrected chi connectivity index (χ0v) is 11.0. The first-order valence-corrected chi connectivity index (χ1v) is 7.11. The molecule has 0 amide bonds. The van der Waals surface area contributed by atoms with Gasteiger partial charge in [-0.25, -0.2) is 18.5 Å². The van der Waals surface area contributed by atoms with E-state index in [1.807, 2.05) is 11.5 Å². The van der Waals surface area contributed by atoms with Crippen LogP contribution in [-0.4, -0.2) is 31.7 Å². The molecule has 7 heteroatoms. The molecule has 6 nitrogen and oxygen atoms in total. The fourth-order valence-electron chi connectivity index (χ4n) is 1.57. The third-order valence-electron chi connectivity index (χ3n) is 2.44. The molecule has 0 saturated carbocycles. The number of rotatable bonds is 7. The number of aryl methyl sites for hydroxylation is 2. The minimum Gasteiger partial charge on any atom is -0.385 e. The summed E-state index contributed by atoms with van der Waals surface area (Å²) in [6, 6.07) is 0. The van der Waals surface area contributed by atoms with Gasteiger partial charge in [-0.2, -0.15) is 0 Å². The van der Waals surface area contributed by atoms with E-state index in [2.05, 4.69) is 4.98 Å². The summed E-state index contributed by atoms with van der Waals surface area (Å²) in [6.45, 7) is 3.37. The highest BCUT2D eigenvalue weighted by atomic mass is 32.2. The molecule has 1 aromatic heterocycles. The Morgan fingerprint density at radius 2 is 2.18 bits per heavy atom. The van der Waals surface area contributed by atoms with E-state index in [0.717, 1.165) is 25.2 Å². The molecule has 0 aliphatic heterocycles. The molecule has 0 radical (unpaired) electrons. The third kappa shape index (κ3) is 4.10. The van der Waals surface area contributed by atoms with Crippen molar-refractivity contribution in [1.82, 2.24) is 9.55 Å². The van der Waals surface area contributed by atoms with Gasteiger partial charge in [0, 0.05) is 32.9 Å². The van der Waals surface area contributed by atoms with Gasteiger partial charge in [-0.15, -0.1) is 0 Å². The van der Waals surface area contributed by atoms with Crippen LogP contribution in [0.1, 0.15) is 25.6 Å². The van der Waals surface area contributed by atoms with E-state index in [0.29, 0.717) is 13.0 Å². The number of ether oxygens (including phenoxy) is 1. The lowest BCUT2D eigenvalue weighted by Gasteiger charge is -2.05. The Labute approximate surface area is 102 Å². The van der Waals surface area contributed by atoms with Gasteiger partial charge in [-0.1, -0.05) is 6.92 Å². The van der Waals surface area contributed by atoms with E-state index in [-0.39, 0.29) is 5.03 Å². The second kappa shape index (κ2) is 6.13. The standard InChI is InChI=1S/C10H19N3O3S/c1-3-9-12-10(17(11,14)15)8-13(9)6-4-5-7-16-2/h8H,3-7H2,1-2H3,(H2,11,14,15). The number of methoxy groups -OCH3 is 1. The smallest absolute Gasteiger partial charge is 0.257 e. The molecule has 0 aromatic carbocycles. The number of nitrogens with two attached hydrogens (primary N) is 1. The van der Waals surface area contributed by atoms with Crippen molar-refractivity contribution in [2.45, 2.75) is 37.8 Å². The SMILES string of the molecule is CCc1nc(S(N)(=O)=O)cn1CCCCOC. The largest absolute Gasteiger partial charge is 0.385 e. The van der Waals surface area contributed by atoms with Crippen LogP contribution in [0.2, 0.25) is 0 Å². The number of imidazole rings is 1. The average molecular weight is 261 g/mol. The van der Waals surface area contributed by atoms with Gasteiger partial charge >= 0.3 is 0 Å². The summed E-state index contributed by atoms with van der Waals surface area (Å²) in [6.07, 6.45) is 4.03. The van der Waals surface area contributed by atoms with Crippen LogP contribution >= 0.6 is 0 Å². The Kier molecular flexibility index (Phi) is 5.10. The molecular formula is C10H19N3O3S. The number of unbranched alkanes of at least 4 members (excludes halogenated alkanes) is 1. The lowest BCUT2D eigenvalue weighted by atomic mass is 10.3. The fourth-order valence-corrected chi connectivity index (χ4v) is 2.08. The van der Waals surface area contributed by atoms with Crippen LogP contribution in [-0.2, 0) is 27.7 Å². The Bertz CT molecular complexity index is 453. The van der Waals surface area contributed by atoms with E-state index in [1.165, 1.54) is 6.20 Å². The Balaban J connectivity index is 2.74. The van der Waals surface area contributed by atoms with Crippen molar-refractivity contribution in [3.8, 4) is 0 Å². The summed E-state index contributed by atoms with van der Waals surface area (Å²) in [7, 11) is -2.05. The summed E-state index contributed by atoms with van der Waals surface area (Å²) >= 11 is 0. The van der Waals surface area contributed by atoms with E-state index < -0.39 is 10.0 Å². The summed E-state index contributed by atoms with van der Waals surface area (Å²) in [4.78, 5) is 4.02. The summed E-state index contributed by atoms with van der Waals surface area (Å²) in [5.41, 5.74) is 0. The number of sulfonamides is 1. The Morgan fingerprint density at radius 3 is 2.71 bits per heavy atom. The molecular weight excluding hydrogens is 242 g/mol. The summed E-state index contributed by atoms with van der Waals surface area (Å²) < 4.78 is 29.1. The molecule has 0 unspecified atom stereocenters. The molecule has 0 aliphatic carbocycles. The molecule has 0 bridgehead atoms. The van der Waals surface area contributed by atoms with Crippen LogP contribution in [0.5, 0.6) is 0 Å². The highest BCUT2D eigenvalue weighted by molar-refractivity contribution is 7.89. The quantitative estimate of drug-likeness (QED) is 0.725. The van der Waals surface area contributed by atoms with E-state index in [9.17, 15) is 8.42 Å². The average Bonchev–Trinajstić information content (AvgIpc) is 2.67. The van der Waals surface area contributed by atoms with Gasteiger partial charge in [0.2, 0.25) is 0 Å². The van der Waals surface area contributed by atoms with Gasteiger partial charge in [-0.05, 0) is 12.8 Å².